The Morgan fingerprint density at radius 2 is 2.08 bits per heavy atom. The second kappa shape index (κ2) is 7.89. The number of aryl methyl sites for hydroxylation is 1. The molecule has 1 amide bonds. The fourth-order valence-electron chi connectivity index (χ4n) is 4.23. The first kappa shape index (κ1) is 17.7. The lowest BCUT2D eigenvalue weighted by Crippen LogP contribution is -2.36. The predicted molar refractivity (Wildman–Crippen MR) is 105 cm³/mol. The molecule has 138 valence electrons. The summed E-state index contributed by atoms with van der Waals surface area (Å²) < 4.78 is 0. The van der Waals surface area contributed by atoms with Crippen molar-refractivity contribution >= 4 is 17.2 Å². The van der Waals surface area contributed by atoms with Crippen molar-refractivity contribution in [2.45, 2.75) is 38.6 Å². The summed E-state index contributed by atoms with van der Waals surface area (Å²) in [5.74, 6) is 0.541. The normalized spacial score (nSPS) is 21.6. The molecule has 4 nitrogen and oxygen atoms in total. The summed E-state index contributed by atoms with van der Waals surface area (Å²) in [5, 5.41) is 5.32. The third-order valence-electron chi connectivity index (χ3n) is 6.01. The van der Waals surface area contributed by atoms with Crippen molar-refractivity contribution in [3.05, 3.63) is 52.5 Å². The zero-order chi connectivity index (χ0) is 17.8. The van der Waals surface area contributed by atoms with Crippen LogP contribution in [-0.2, 0) is 17.8 Å². The summed E-state index contributed by atoms with van der Waals surface area (Å²) >= 11 is 1.84. The van der Waals surface area contributed by atoms with Gasteiger partial charge in [0.25, 0.3) is 0 Å². The van der Waals surface area contributed by atoms with Crippen LogP contribution in [0.3, 0.4) is 0 Å². The largest absolute Gasteiger partial charge is 0.356 e. The summed E-state index contributed by atoms with van der Waals surface area (Å²) in [6.45, 7) is 4.10. The number of rotatable bonds is 7. The van der Waals surface area contributed by atoms with Crippen molar-refractivity contribution in [1.29, 1.82) is 0 Å². The highest BCUT2D eigenvalue weighted by atomic mass is 32.1. The Kier molecular flexibility index (Phi) is 5.36. The van der Waals surface area contributed by atoms with E-state index >= 15 is 0 Å². The van der Waals surface area contributed by atoms with Gasteiger partial charge in [-0.1, -0.05) is 6.07 Å². The molecule has 2 aliphatic rings. The highest BCUT2D eigenvalue weighted by Gasteiger charge is 2.58. The second-order valence-electron chi connectivity index (χ2n) is 7.72. The van der Waals surface area contributed by atoms with Crippen LogP contribution in [-0.4, -0.2) is 35.4 Å². The number of thiophene rings is 1. The van der Waals surface area contributed by atoms with Gasteiger partial charge in [-0.05, 0) is 79.8 Å². The molecule has 1 N–H and O–H groups in total. The standard InChI is InChI=1S/C21H27N3OS/c25-20(23-9-1-3-17-5-10-22-11-6-17)19-15-21(19)7-12-24(13-8-21)16-18-4-2-14-26-18/h2,4-6,10-11,14,19H,1,3,7-9,12-13,15-16H2,(H,23,25). The third-order valence-corrected chi connectivity index (χ3v) is 6.87. The van der Waals surface area contributed by atoms with Gasteiger partial charge in [0.1, 0.15) is 0 Å². The highest BCUT2D eigenvalue weighted by molar-refractivity contribution is 7.09. The molecule has 26 heavy (non-hydrogen) atoms. The monoisotopic (exact) mass is 369 g/mol. The molecule has 1 aliphatic carbocycles. The molecule has 2 aromatic heterocycles. The quantitative estimate of drug-likeness (QED) is 0.760. The molecule has 5 heteroatoms. The second-order valence-corrected chi connectivity index (χ2v) is 8.76. The van der Waals surface area contributed by atoms with Gasteiger partial charge in [-0.15, -0.1) is 11.3 Å². The van der Waals surface area contributed by atoms with Gasteiger partial charge in [0, 0.05) is 36.3 Å². The lowest BCUT2D eigenvalue weighted by atomic mass is 9.90. The minimum atomic E-state index is 0.257. The number of likely N-dealkylation sites (tertiary alicyclic amines) is 1. The van der Waals surface area contributed by atoms with E-state index in [1.54, 1.807) is 0 Å². The Morgan fingerprint density at radius 3 is 2.81 bits per heavy atom. The van der Waals surface area contributed by atoms with Crippen molar-refractivity contribution in [3.8, 4) is 0 Å². The number of hydrogen-bond acceptors (Lipinski definition) is 4. The summed E-state index contributed by atoms with van der Waals surface area (Å²) in [4.78, 5) is 20.5. The molecule has 1 saturated heterocycles. The van der Waals surface area contributed by atoms with Gasteiger partial charge < -0.3 is 5.32 Å². The molecule has 1 atom stereocenters. The van der Waals surface area contributed by atoms with Crippen LogP contribution in [0.1, 0.15) is 36.1 Å². The molecular weight excluding hydrogens is 342 g/mol. The van der Waals surface area contributed by atoms with E-state index < -0.39 is 0 Å². The van der Waals surface area contributed by atoms with Crippen molar-refractivity contribution in [2.24, 2.45) is 11.3 Å². The van der Waals surface area contributed by atoms with Crippen molar-refractivity contribution in [3.63, 3.8) is 0 Å². The van der Waals surface area contributed by atoms with Gasteiger partial charge in [-0.3, -0.25) is 14.7 Å². The predicted octanol–water partition coefficient (Wildman–Crippen LogP) is 3.49. The number of nitrogens with zero attached hydrogens (tertiary/aromatic N) is 2. The van der Waals surface area contributed by atoms with Crippen molar-refractivity contribution in [1.82, 2.24) is 15.2 Å². The maximum atomic E-state index is 12.5. The van der Waals surface area contributed by atoms with E-state index in [0.29, 0.717) is 5.41 Å². The molecule has 2 aromatic rings. The lowest BCUT2D eigenvalue weighted by Gasteiger charge is -2.32. The van der Waals surface area contributed by atoms with E-state index in [-0.39, 0.29) is 11.8 Å². The van der Waals surface area contributed by atoms with Gasteiger partial charge in [0.15, 0.2) is 0 Å². The van der Waals surface area contributed by atoms with Gasteiger partial charge in [0.2, 0.25) is 5.91 Å². The Balaban J connectivity index is 1.16. The van der Waals surface area contributed by atoms with Gasteiger partial charge in [0.05, 0.1) is 0 Å². The zero-order valence-corrected chi connectivity index (χ0v) is 16.0. The summed E-state index contributed by atoms with van der Waals surface area (Å²) in [7, 11) is 0. The summed E-state index contributed by atoms with van der Waals surface area (Å²) in [5.41, 5.74) is 1.59. The van der Waals surface area contributed by atoms with E-state index in [1.807, 2.05) is 35.9 Å². The van der Waals surface area contributed by atoms with Crippen LogP contribution in [0.2, 0.25) is 0 Å². The number of aromatic nitrogens is 1. The molecule has 1 spiro atoms. The smallest absolute Gasteiger partial charge is 0.223 e. The van der Waals surface area contributed by atoms with Crippen LogP contribution in [0.15, 0.2) is 42.0 Å². The first-order valence-electron chi connectivity index (χ1n) is 9.67. The average molecular weight is 370 g/mol. The van der Waals surface area contributed by atoms with Crippen LogP contribution in [0.5, 0.6) is 0 Å². The molecule has 3 heterocycles. The van der Waals surface area contributed by atoms with E-state index in [0.717, 1.165) is 45.4 Å². The van der Waals surface area contributed by atoms with Crippen LogP contribution in [0.25, 0.3) is 0 Å². The number of piperidine rings is 1. The van der Waals surface area contributed by atoms with Crippen LogP contribution in [0.4, 0.5) is 0 Å². The van der Waals surface area contributed by atoms with E-state index in [4.69, 9.17) is 0 Å². The Labute approximate surface area is 159 Å². The highest BCUT2D eigenvalue weighted by Crippen LogP contribution is 2.59. The van der Waals surface area contributed by atoms with E-state index in [9.17, 15) is 4.79 Å². The SMILES string of the molecule is O=C(NCCCc1ccncc1)C1CC12CCN(Cc1cccs1)CC2. The molecule has 0 aromatic carbocycles. The average Bonchev–Trinajstić information content (AvgIpc) is 3.12. The third kappa shape index (κ3) is 4.15. The Hall–Kier alpha value is -1.72. The van der Waals surface area contributed by atoms with Crippen LogP contribution < -0.4 is 5.32 Å². The molecule has 2 fully saturated rings. The first-order valence-corrected chi connectivity index (χ1v) is 10.5. The van der Waals surface area contributed by atoms with Gasteiger partial charge in [-0.2, -0.15) is 0 Å². The Bertz CT molecular complexity index is 708. The minimum Gasteiger partial charge on any atom is -0.356 e. The molecule has 1 saturated carbocycles. The number of amides is 1. The van der Waals surface area contributed by atoms with Crippen molar-refractivity contribution in [2.75, 3.05) is 19.6 Å². The molecule has 0 bridgehead atoms. The van der Waals surface area contributed by atoms with Gasteiger partial charge in [-0.25, -0.2) is 0 Å². The molecule has 1 unspecified atom stereocenters. The number of nitrogens with one attached hydrogen (secondary N) is 1. The number of carbonyl (C=O) groups excluding carboxylic acids is 1. The molecule has 1 aliphatic heterocycles. The fourth-order valence-corrected chi connectivity index (χ4v) is 4.97. The van der Waals surface area contributed by atoms with Crippen molar-refractivity contribution < 1.29 is 4.79 Å². The number of hydrogen-bond donors (Lipinski definition) is 1. The molecule has 0 radical (unpaired) electrons. The molecule has 4 rings (SSSR count). The van der Waals surface area contributed by atoms with Crippen LogP contribution in [0, 0.1) is 11.3 Å². The van der Waals surface area contributed by atoms with Gasteiger partial charge >= 0.3 is 0 Å². The maximum absolute atomic E-state index is 12.5. The molecular formula is C21H27N3OS. The van der Waals surface area contributed by atoms with E-state index in [2.05, 4.69) is 32.7 Å². The first-order chi connectivity index (χ1) is 12.8. The minimum absolute atomic E-state index is 0.257. The Morgan fingerprint density at radius 1 is 1.27 bits per heavy atom. The topological polar surface area (TPSA) is 45.2 Å². The zero-order valence-electron chi connectivity index (χ0n) is 15.2. The number of pyridine rings is 1. The summed E-state index contributed by atoms with van der Waals surface area (Å²) in [6.07, 6.45) is 9.08. The fraction of sp³-hybridized carbons (Fsp3) is 0.524. The van der Waals surface area contributed by atoms with Crippen LogP contribution >= 0.6 is 11.3 Å². The lowest BCUT2D eigenvalue weighted by molar-refractivity contribution is -0.123. The summed E-state index contributed by atoms with van der Waals surface area (Å²) in [6, 6.07) is 8.43. The van der Waals surface area contributed by atoms with E-state index in [1.165, 1.54) is 23.3 Å². The number of carbonyl (C=O) groups is 1. The maximum Gasteiger partial charge on any atom is 0.223 e.